The first kappa shape index (κ1) is 13.4. The zero-order valence-electron chi connectivity index (χ0n) is 11.9. The van der Waals surface area contributed by atoms with Crippen molar-refractivity contribution in [3.8, 4) is 0 Å². The number of aryl methyl sites for hydroxylation is 1. The van der Waals surface area contributed by atoms with E-state index in [1.165, 1.54) is 17.3 Å². The highest BCUT2D eigenvalue weighted by Crippen LogP contribution is 2.35. The molecule has 0 bridgehead atoms. The molecule has 0 fully saturated rings. The van der Waals surface area contributed by atoms with Gasteiger partial charge in [0.2, 0.25) is 0 Å². The number of carbonyl (C=O) groups is 1. The van der Waals surface area contributed by atoms with Gasteiger partial charge in [-0.1, -0.05) is 24.3 Å². The largest absolute Gasteiger partial charge is 0.478 e. The van der Waals surface area contributed by atoms with E-state index in [-0.39, 0.29) is 0 Å². The lowest BCUT2D eigenvalue weighted by Gasteiger charge is -2.20. The summed E-state index contributed by atoms with van der Waals surface area (Å²) in [5, 5.41) is 8.71. The lowest BCUT2D eigenvalue weighted by molar-refractivity contribution is -0.131. The number of benzene rings is 2. The van der Waals surface area contributed by atoms with Gasteiger partial charge in [-0.25, -0.2) is 4.79 Å². The number of fused-ring (bicyclic) bond motifs is 1. The van der Waals surface area contributed by atoms with Crippen molar-refractivity contribution in [2.75, 3.05) is 11.4 Å². The van der Waals surface area contributed by atoms with Gasteiger partial charge in [-0.15, -0.1) is 0 Å². The van der Waals surface area contributed by atoms with Gasteiger partial charge >= 0.3 is 5.97 Å². The Bertz CT molecular complexity index is 719. The Balaban J connectivity index is 1.92. The maximum atomic E-state index is 10.6. The van der Waals surface area contributed by atoms with Crippen molar-refractivity contribution in [2.45, 2.75) is 13.3 Å². The summed E-state index contributed by atoms with van der Waals surface area (Å²) in [5.41, 5.74) is 5.82. The summed E-state index contributed by atoms with van der Waals surface area (Å²) in [7, 11) is 0. The summed E-state index contributed by atoms with van der Waals surface area (Å²) in [6.07, 6.45) is 3.88. The van der Waals surface area contributed by atoms with Crippen LogP contribution in [-0.2, 0) is 11.2 Å². The molecule has 0 saturated carbocycles. The van der Waals surface area contributed by atoms with E-state index in [4.69, 9.17) is 5.11 Å². The van der Waals surface area contributed by atoms with Gasteiger partial charge in [-0.05, 0) is 54.3 Å². The lowest BCUT2D eigenvalue weighted by atomic mass is 10.1. The van der Waals surface area contributed by atoms with Crippen LogP contribution in [0.3, 0.4) is 0 Å². The van der Waals surface area contributed by atoms with Gasteiger partial charge in [0.05, 0.1) is 0 Å². The highest BCUT2D eigenvalue weighted by atomic mass is 16.4. The molecule has 0 radical (unpaired) electrons. The fraction of sp³-hybridized carbons (Fsp3) is 0.167. The molecule has 0 saturated heterocycles. The molecule has 106 valence electrons. The van der Waals surface area contributed by atoms with Crippen LogP contribution in [0, 0.1) is 6.92 Å². The van der Waals surface area contributed by atoms with Gasteiger partial charge < -0.3 is 10.0 Å². The molecule has 1 aliphatic rings. The normalized spacial score (nSPS) is 13.7. The first-order chi connectivity index (χ1) is 10.1. The molecule has 3 heteroatoms. The van der Waals surface area contributed by atoms with Crippen molar-refractivity contribution in [3.63, 3.8) is 0 Å². The van der Waals surface area contributed by atoms with Crippen LogP contribution in [0.5, 0.6) is 0 Å². The molecule has 3 rings (SSSR count). The Morgan fingerprint density at radius 3 is 2.81 bits per heavy atom. The Labute approximate surface area is 124 Å². The van der Waals surface area contributed by atoms with E-state index in [1.807, 2.05) is 13.0 Å². The molecule has 21 heavy (non-hydrogen) atoms. The van der Waals surface area contributed by atoms with Gasteiger partial charge in [-0.3, -0.25) is 0 Å². The second kappa shape index (κ2) is 5.44. The maximum Gasteiger partial charge on any atom is 0.328 e. The fourth-order valence-electron chi connectivity index (χ4n) is 2.78. The number of aliphatic carboxylic acids is 1. The van der Waals surface area contributed by atoms with Gasteiger partial charge in [0.25, 0.3) is 0 Å². The molecule has 0 atom stereocenters. The van der Waals surface area contributed by atoms with E-state index in [1.54, 1.807) is 6.08 Å². The SMILES string of the molecule is Cc1cc(N2CCc3ccccc32)ccc1C=CC(=O)O. The number of carboxylic acids is 1. The van der Waals surface area contributed by atoms with Gasteiger partial charge in [-0.2, -0.15) is 0 Å². The number of carboxylic acid groups (broad SMARTS) is 1. The summed E-state index contributed by atoms with van der Waals surface area (Å²) >= 11 is 0. The average molecular weight is 279 g/mol. The third kappa shape index (κ3) is 2.68. The van der Waals surface area contributed by atoms with Crippen molar-refractivity contribution < 1.29 is 9.90 Å². The number of nitrogens with zero attached hydrogens (tertiary/aromatic N) is 1. The Kier molecular flexibility index (Phi) is 3.48. The van der Waals surface area contributed by atoms with Crippen LogP contribution >= 0.6 is 0 Å². The zero-order chi connectivity index (χ0) is 14.8. The predicted octanol–water partition coefficient (Wildman–Crippen LogP) is 3.79. The third-order valence-corrected chi connectivity index (χ3v) is 3.86. The number of hydrogen-bond donors (Lipinski definition) is 1. The molecule has 0 aliphatic carbocycles. The summed E-state index contributed by atoms with van der Waals surface area (Å²) in [4.78, 5) is 12.9. The lowest BCUT2D eigenvalue weighted by Crippen LogP contribution is -2.13. The number of para-hydroxylation sites is 1. The van der Waals surface area contributed by atoms with Crippen LogP contribution in [-0.4, -0.2) is 17.6 Å². The molecule has 0 amide bonds. The highest BCUT2D eigenvalue weighted by molar-refractivity contribution is 5.85. The number of hydrogen-bond acceptors (Lipinski definition) is 2. The maximum absolute atomic E-state index is 10.6. The van der Waals surface area contributed by atoms with Crippen molar-refractivity contribution >= 4 is 23.4 Å². The van der Waals surface area contributed by atoms with Crippen LogP contribution in [0.15, 0.2) is 48.5 Å². The Hall–Kier alpha value is -2.55. The Morgan fingerprint density at radius 2 is 2.05 bits per heavy atom. The molecule has 0 unspecified atom stereocenters. The van der Waals surface area contributed by atoms with Crippen LogP contribution in [0.2, 0.25) is 0 Å². The van der Waals surface area contributed by atoms with Crippen LogP contribution in [0.25, 0.3) is 6.08 Å². The van der Waals surface area contributed by atoms with Crippen molar-refractivity contribution in [1.29, 1.82) is 0 Å². The molecular formula is C18H17NO2. The second-order valence-electron chi connectivity index (χ2n) is 5.24. The average Bonchev–Trinajstić information content (AvgIpc) is 2.89. The molecular weight excluding hydrogens is 262 g/mol. The first-order valence-corrected chi connectivity index (χ1v) is 7.02. The minimum absolute atomic E-state index is 0.924. The minimum atomic E-state index is -0.924. The smallest absolute Gasteiger partial charge is 0.328 e. The molecule has 0 aromatic heterocycles. The third-order valence-electron chi connectivity index (χ3n) is 3.86. The highest BCUT2D eigenvalue weighted by Gasteiger charge is 2.19. The van der Waals surface area contributed by atoms with Crippen molar-refractivity contribution in [2.24, 2.45) is 0 Å². The monoisotopic (exact) mass is 279 g/mol. The summed E-state index contributed by atoms with van der Waals surface area (Å²) in [6.45, 7) is 3.00. The van der Waals surface area contributed by atoms with Gasteiger partial charge in [0.15, 0.2) is 0 Å². The summed E-state index contributed by atoms with van der Waals surface area (Å²) in [5.74, 6) is -0.924. The number of anilines is 2. The molecule has 2 aromatic rings. The fourth-order valence-corrected chi connectivity index (χ4v) is 2.78. The molecule has 2 aromatic carbocycles. The molecule has 3 nitrogen and oxygen atoms in total. The second-order valence-corrected chi connectivity index (χ2v) is 5.24. The van der Waals surface area contributed by atoms with Crippen LogP contribution in [0.4, 0.5) is 11.4 Å². The zero-order valence-corrected chi connectivity index (χ0v) is 11.9. The van der Waals surface area contributed by atoms with E-state index in [0.717, 1.165) is 29.8 Å². The van der Waals surface area contributed by atoms with E-state index in [0.29, 0.717) is 0 Å². The quantitative estimate of drug-likeness (QED) is 0.869. The van der Waals surface area contributed by atoms with E-state index < -0.39 is 5.97 Å². The molecule has 1 aliphatic heterocycles. The van der Waals surface area contributed by atoms with E-state index >= 15 is 0 Å². The van der Waals surface area contributed by atoms with Gasteiger partial charge in [0, 0.05) is 24.0 Å². The summed E-state index contributed by atoms with van der Waals surface area (Å²) < 4.78 is 0. The summed E-state index contributed by atoms with van der Waals surface area (Å²) in [6, 6.07) is 14.6. The van der Waals surface area contributed by atoms with Crippen LogP contribution < -0.4 is 4.90 Å². The molecule has 0 spiro atoms. The first-order valence-electron chi connectivity index (χ1n) is 7.02. The minimum Gasteiger partial charge on any atom is -0.478 e. The van der Waals surface area contributed by atoms with E-state index in [9.17, 15) is 4.79 Å². The predicted molar refractivity (Wildman–Crippen MR) is 85.0 cm³/mol. The number of rotatable bonds is 3. The Morgan fingerprint density at radius 1 is 1.24 bits per heavy atom. The van der Waals surface area contributed by atoms with Crippen LogP contribution in [0.1, 0.15) is 16.7 Å². The topological polar surface area (TPSA) is 40.5 Å². The van der Waals surface area contributed by atoms with Gasteiger partial charge in [0.1, 0.15) is 0 Å². The molecule has 1 N–H and O–H groups in total. The standard InChI is InChI=1S/C18H17NO2/c1-13-12-16(8-6-14(13)7-9-18(20)21)19-11-10-15-4-2-3-5-17(15)19/h2-9,12H,10-11H2,1H3,(H,20,21). The van der Waals surface area contributed by atoms with E-state index in [2.05, 4.69) is 41.3 Å². The molecule has 1 heterocycles. The van der Waals surface area contributed by atoms with Crippen molar-refractivity contribution in [3.05, 3.63) is 65.2 Å². The van der Waals surface area contributed by atoms with Crippen molar-refractivity contribution in [1.82, 2.24) is 0 Å².